The third kappa shape index (κ3) is 2.33. The lowest BCUT2D eigenvalue weighted by molar-refractivity contribution is -0.144. The van der Waals surface area contributed by atoms with Crippen LogP contribution in [0.3, 0.4) is 0 Å². The van der Waals surface area contributed by atoms with E-state index in [4.69, 9.17) is 9.84 Å². The molecule has 92 valence electrons. The predicted octanol–water partition coefficient (Wildman–Crippen LogP) is 2.11. The van der Waals surface area contributed by atoms with Crippen LogP contribution in [-0.2, 0) is 4.79 Å². The molecular formula is C12H14FNO3. The van der Waals surface area contributed by atoms with Crippen LogP contribution in [0.2, 0.25) is 0 Å². The number of carbonyl (C=O) groups is 1. The third-order valence-corrected chi connectivity index (χ3v) is 3.11. The zero-order chi connectivity index (χ0) is 12.4. The summed E-state index contributed by atoms with van der Waals surface area (Å²) in [6, 6.07) is 4.16. The average Bonchev–Trinajstić information content (AvgIpc) is 2.25. The number of carboxylic acid groups (broad SMARTS) is 1. The number of rotatable bonds is 4. The summed E-state index contributed by atoms with van der Waals surface area (Å²) in [5, 5.41) is 11.8. The first-order valence-electron chi connectivity index (χ1n) is 5.44. The Morgan fingerprint density at radius 1 is 1.53 bits per heavy atom. The Kier molecular flexibility index (Phi) is 3.17. The van der Waals surface area contributed by atoms with Crippen LogP contribution in [0, 0.1) is 11.7 Å². The fraction of sp³-hybridized carbons (Fsp3) is 0.417. The molecule has 0 radical (unpaired) electrons. The minimum atomic E-state index is -0.836. The van der Waals surface area contributed by atoms with E-state index in [-0.39, 0.29) is 6.04 Å². The second kappa shape index (κ2) is 4.61. The van der Waals surface area contributed by atoms with E-state index in [0.717, 1.165) is 6.42 Å². The quantitative estimate of drug-likeness (QED) is 0.844. The van der Waals surface area contributed by atoms with E-state index in [9.17, 15) is 9.18 Å². The molecule has 1 aliphatic carbocycles. The summed E-state index contributed by atoms with van der Waals surface area (Å²) >= 11 is 0. The van der Waals surface area contributed by atoms with E-state index in [0.29, 0.717) is 17.9 Å². The van der Waals surface area contributed by atoms with Gasteiger partial charge in [-0.2, -0.15) is 0 Å². The van der Waals surface area contributed by atoms with E-state index in [1.165, 1.54) is 25.3 Å². The Morgan fingerprint density at radius 3 is 2.82 bits per heavy atom. The van der Waals surface area contributed by atoms with Gasteiger partial charge >= 0.3 is 5.97 Å². The molecule has 0 aromatic heterocycles. The van der Waals surface area contributed by atoms with E-state index >= 15 is 0 Å². The van der Waals surface area contributed by atoms with Gasteiger partial charge in [0.1, 0.15) is 11.6 Å². The Hall–Kier alpha value is -1.78. The van der Waals surface area contributed by atoms with Crippen molar-refractivity contribution in [3.8, 4) is 5.75 Å². The van der Waals surface area contributed by atoms with Gasteiger partial charge in [-0.3, -0.25) is 4.79 Å². The molecule has 0 aliphatic heterocycles. The summed E-state index contributed by atoms with van der Waals surface area (Å²) in [7, 11) is 1.50. The highest BCUT2D eigenvalue weighted by atomic mass is 19.1. The normalized spacial score (nSPS) is 22.7. The van der Waals surface area contributed by atoms with Crippen LogP contribution >= 0.6 is 0 Å². The van der Waals surface area contributed by atoms with Gasteiger partial charge < -0.3 is 15.2 Å². The third-order valence-electron chi connectivity index (χ3n) is 3.11. The molecule has 4 nitrogen and oxygen atoms in total. The maximum atomic E-state index is 13.5. The van der Waals surface area contributed by atoms with Crippen LogP contribution < -0.4 is 10.1 Å². The molecular weight excluding hydrogens is 225 g/mol. The van der Waals surface area contributed by atoms with Gasteiger partial charge in [-0.05, 0) is 25.0 Å². The standard InChI is InChI=1S/C12H14FNO3/c1-17-7-2-4-9(13)11(6-7)14-10-5-3-8(10)12(15)16/h2,4,6,8,10,14H,3,5H2,1H3,(H,15,16). The molecule has 0 amide bonds. The van der Waals surface area contributed by atoms with Gasteiger partial charge in [0.05, 0.1) is 18.7 Å². The van der Waals surface area contributed by atoms with Crippen LogP contribution in [0.15, 0.2) is 18.2 Å². The molecule has 1 fully saturated rings. The number of ether oxygens (including phenoxy) is 1. The number of carboxylic acids is 1. The average molecular weight is 239 g/mol. The van der Waals surface area contributed by atoms with Gasteiger partial charge in [-0.25, -0.2) is 4.39 Å². The van der Waals surface area contributed by atoms with Crippen molar-refractivity contribution in [2.24, 2.45) is 5.92 Å². The molecule has 1 aliphatic rings. The van der Waals surface area contributed by atoms with Crippen molar-refractivity contribution in [1.82, 2.24) is 0 Å². The molecule has 5 heteroatoms. The summed E-state index contributed by atoms with van der Waals surface area (Å²) in [5.74, 6) is -1.13. The number of anilines is 1. The van der Waals surface area contributed by atoms with Crippen LogP contribution in [0.25, 0.3) is 0 Å². The van der Waals surface area contributed by atoms with Crippen molar-refractivity contribution in [3.63, 3.8) is 0 Å². The van der Waals surface area contributed by atoms with Gasteiger partial charge in [-0.15, -0.1) is 0 Å². The topological polar surface area (TPSA) is 58.6 Å². The van der Waals surface area contributed by atoms with Gasteiger partial charge in [0.2, 0.25) is 0 Å². The highest BCUT2D eigenvalue weighted by Crippen LogP contribution is 2.32. The Bertz CT molecular complexity index is 436. The second-order valence-electron chi connectivity index (χ2n) is 4.12. The monoisotopic (exact) mass is 239 g/mol. The maximum absolute atomic E-state index is 13.5. The lowest BCUT2D eigenvalue weighted by Crippen LogP contribution is -2.43. The molecule has 1 aromatic carbocycles. The zero-order valence-corrected chi connectivity index (χ0v) is 9.44. The molecule has 0 saturated heterocycles. The van der Waals surface area contributed by atoms with Crippen molar-refractivity contribution in [1.29, 1.82) is 0 Å². The maximum Gasteiger partial charge on any atom is 0.308 e. The van der Waals surface area contributed by atoms with Crippen molar-refractivity contribution < 1.29 is 19.0 Å². The second-order valence-corrected chi connectivity index (χ2v) is 4.12. The first kappa shape index (κ1) is 11.7. The summed E-state index contributed by atoms with van der Waals surface area (Å²) in [5.41, 5.74) is 0.292. The summed E-state index contributed by atoms with van der Waals surface area (Å²) in [4.78, 5) is 10.8. The highest BCUT2D eigenvalue weighted by molar-refractivity contribution is 5.73. The fourth-order valence-corrected chi connectivity index (χ4v) is 1.91. The number of methoxy groups -OCH3 is 1. The molecule has 0 spiro atoms. The number of hydrogen-bond acceptors (Lipinski definition) is 3. The van der Waals surface area contributed by atoms with Crippen molar-refractivity contribution >= 4 is 11.7 Å². The van der Waals surface area contributed by atoms with Crippen molar-refractivity contribution in [2.75, 3.05) is 12.4 Å². The van der Waals surface area contributed by atoms with Crippen LogP contribution in [0.4, 0.5) is 10.1 Å². The SMILES string of the molecule is COc1ccc(F)c(NC2CCC2C(=O)O)c1. The Balaban J connectivity index is 2.10. The van der Waals surface area contributed by atoms with Gasteiger partial charge in [-0.1, -0.05) is 0 Å². The molecule has 0 bridgehead atoms. The van der Waals surface area contributed by atoms with Crippen molar-refractivity contribution in [2.45, 2.75) is 18.9 Å². The molecule has 0 heterocycles. The van der Waals surface area contributed by atoms with Gasteiger partial charge in [0.15, 0.2) is 0 Å². The number of halogens is 1. The fourth-order valence-electron chi connectivity index (χ4n) is 1.91. The van der Waals surface area contributed by atoms with E-state index in [2.05, 4.69) is 5.32 Å². The lowest BCUT2D eigenvalue weighted by Gasteiger charge is -2.34. The molecule has 2 unspecified atom stereocenters. The smallest absolute Gasteiger partial charge is 0.308 e. The Labute approximate surface area is 98.4 Å². The number of benzene rings is 1. The number of nitrogens with one attached hydrogen (secondary N) is 1. The molecule has 1 aromatic rings. The molecule has 17 heavy (non-hydrogen) atoms. The van der Waals surface area contributed by atoms with Crippen molar-refractivity contribution in [3.05, 3.63) is 24.0 Å². The highest BCUT2D eigenvalue weighted by Gasteiger charge is 2.36. The number of aliphatic carboxylic acids is 1. The predicted molar refractivity (Wildman–Crippen MR) is 60.7 cm³/mol. The first-order chi connectivity index (χ1) is 8.11. The first-order valence-corrected chi connectivity index (χ1v) is 5.44. The van der Waals surface area contributed by atoms with Gasteiger partial charge in [0, 0.05) is 12.1 Å². The minimum absolute atomic E-state index is 0.200. The van der Waals surface area contributed by atoms with Gasteiger partial charge in [0.25, 0.3) is 0 Å². The van der Waals surface area contributed by atoms with E-state index < -0.39 is 17.7 Å². The largest absolute Gasteiger partial charge is 0.497 e. The van der Waals surface area contributed by atoms with Crippen LogP contribution in [0.1, 0.15) is 12.8 Å². The number of hydrogen-bond donors (Lipinski definition) is 2. The molecule has 2 rings (SSSR count). The van der Waals surface area contributed by atoms with E-state index in [1.807, 2.05) is 0 Å². The molecule has 2 atom stereocenters. The minimum Gasteiger partial charge on any atom is -0.497 e. The molecule has 2 N–H and O–H groups in total. The van der Waals surface area contributed by atoms with E-state index in [1.54, 1.807) is 0 Å². The molecule has 1 saturated carbocycles. The zero-order valence-electron chi connectivity index (χ0n) is 9.44. The summed E-state index contributed by atoms with van der Waals surface area (Å²) in [6.45, 7) is 0. The lowest BCUT2D eigenvalue weighted by atomic mass is 9.79. The van der Waals surface area contributed by atoms with Crippen LogP contribution in [0.5, 0.6) is 5.75 Å². The van der Waals surface area contributed by atoms with Crippen LogP contribution in [-0.4, -0.2) is 24.2 Å². The summed E-state index contributed by atoms with van der Waals surface area (Å²) in [6.07, 6.45) is 1.38. The summed E-state index contributed by atoms with van der Waals surface area (Å²) < 4.78 is 18.5. The Morgan fingerprint density at radius 2 is 2.29 bits per heavy atom.